The van der Waals surface area contributed by atoms with Crippen LogP contribution < -0.4 is 4.74 Å². The van der Waals surface area contributed by atoms with E-state index >= 15 is 0 Å². The van der Waals surface area contributed by atoms with Crippen LogP contribution in [0.3, 0.4) is 0 Å². The molecule has 0 spiro atoms. The Bertz CT molecular complexity index is 657. The van der Waals surface area contributed by atoms with Gasteiger partial charge in [-0.1, -0.05) is 18.6 Å². The first-order valence-corrected chi connectivity index (χ1v) is 7.51. The molecule has 21 heavy (non-hydrogen) atoms. The van der Waals surface area contributed by atoms with E-state index in [9.17, 15) is 5.26 Å². The summed E-state index contributed by atoms with van der Waals surface area (Å²) < 4.78 is 5.94. The SMILES string of the molecule is N#Cc1cnc2ccccc2c1OCCN1CCCCC1. The summed E-state index contributed by atoms with van der Waals surface area (Å²) in [7, 11) is 0. The minimum Gasteiger partial charge on any atom is -0.490 e. The number of hydrogen-bond acceptors (Lipinski definition) is 4. The maximum absolute atomic E-state index is 9.25. The molecule has 4 heteroatoms. The van der Waals surface area contributed by atoms with Crippen molar-refractivity contribution >= 4 is 10.9 Å². The molecule has 0 atom stereocenters. The molecule has 0 unspecified atom stereocenters. The van der Waals surface area contributed by atoms with Gasteiger partial charge >= 0.3 is 0 Å². The maximum atomic E-state index is 9.25. The van der Waals surface area contributed by atoms with Crippen molar-refractivity contribution in [3.05, 3.63) is 36.0 Å². The number of rotatable bonds is 4. The van der Waals surface area contributed by atoms with Gasteiger partial charge in [-0.25, -0.2) is 0 Å². The van der Waals surface area contributed by atoms with Crippen molar-refractivity contribution < 1.29 is 4.74 Å². The van der Waals surface area contributed by atoms with E-state index in [4.69, 9.17) is 4.74 Å². The average molecular weight is 281 g/mol. The van der Waals surface area contributed by atoms with Gasteiger partial charge in [-0.2, -0.15) is 5.26 Å². The number of benzene rings is 1. The number of aromatic nitrogens is 1. The van der Waals surface area contributed by atoms with Gasteiger partial charge in [0.25, 0.3) is 0 Å². The molecule has 0 N–H and O–H groups in total. The zero-order valence-corrected chi connectivity index (χ0v) is 12.1. The molecule has 1 aliphatic rings. The van der Waals surface area contributed by atoms with Crippen LogP contribution in [-0.4, -0.2) is 36.1 Å². The predicted molar refractivity (Wildman–Crippen MR) is 82.2 cm³/mol. The van der Waals surface area contributed by atoms with Crippen molar-refractivity contribution in [2.24, 2.45) is 0 Å². The zero-order valence-electron chi connectivity index (χ0n) is 12.1. The second kappa shape index (κ2) is 6.55. The highest BCUT2D eigenvalue weighted by Crippen LogP contribution is 2.27. The molecular weight excluding hydrogens is 262 g/mol. The van der Waals surface area contributed by atoms with E-state index in [1.54, 1.807) is 6.20 Å². The van der Waals surface area contributed by atoms with Gasteiger partial charge < -0.3 is 4.74 Å². The Morgan fingerprint density at radius 1 is 1.19 bits per heavy atom. The molecule has 2 aromatic rings. The molecule has 108 valence electrons. The second-order valence-electron chi connectivity index (χ2n) is 5.38. The van der Waals surface area contributed by atoms with Crippen LogP contribution in [0.4, 0.5) is 0 Å². The van der Waals surface area contributed by atoms with E-state index in [1.165, 1.54) is 19.3 Å². The number of piperidine rings is 1. The van der Waals surface area contributed by atoms with E-state index in [-0.39, 0.29) is 0 Å². The van der Waals surface area contributed by atoms with E-state index in [1.807, 2.05) is 24.3 Å². The smallest absolute Gasteiger partial charge is 0.148 e. The average Bonchev–Trinajstić information content (AvgIpc) is 2.56. The predicted octanol–water partition coefficient (Wildman–Crippen LogP) is 2.97. The number of nitriles is 1. The Morgan fingerprint density at radius 3 is 2.81 bits per heavy atom. The van der Waals surface area contributed by atoms with Crippen LogP contribution in [0, 0.1) is 11.3 Å². The van der Waals surface area contributed by atoms with Crippen molar-refractivity contribution in [1.29, 1.82) is 5.26 Å². The number of para-hydroxylation sites is 1. The fourth-order valence-electron chi connectivity index (χ4n) is 2.81. The van der Waals surface area contributed by atoms with Crippen LogP contribution in [-0.2, 0) is 0 Å². The van der Waals surface area contributed by atoms with E-state index in [2.05, 4.69) is 16.0 Å². The molecule has 1 aromatic heterocycles. The van der Waals surface area contributed by atoms with E-state index in [0.717, 1.165) is 30.5 Å². The lowest BCUT2D eigenvalue weighted by molar-refractivity contribution is 0.184. The molecule has 0 aliphatic carbocycles. The minimum absolute atomic E-state index is 0.507. The third kappa shape index (κ3) is 3.14. The van der Waals surface area contributed by atoms with Crippen LogP contribution in [0.25, 0.3) is 10.9 Å². The largest absolute Gasteiger partial charge is 0.490 e. The molecule has 0 bridgehead atoms. The molecule has 1 fully saturated rings. The Morgan fingerprint density at radius 2 is 2.00 bits per heavy atom. The second-order valence-corrected chi connectivity index (χ2v) is 5.38. The monoisotopic (exact) mass is 281 g/mol. The highest BCUT2D eigenvalue weighted by Gasteiger charge is 2.12. The number of pyridine rings is 1. The van der Waals surface area contributed by atoms with Crippen molar-refractivity contribution in [3.8, 4) is 11.8 Å². The Labute approximate surface area is 125 Å². The minimum atomic E-state index is 0.507. The number of likely N-dealkylation sites (tertiary alicyclic amines) is 1. The van der Waals surface area contributed by atoms with E-state index < -0.39 is 0 Å². The molecule has 2 heterocycles. The van der Waals surface area contributed by atoms with Gasteiger partial charge in [-0.3, -0.25) is 9.88 Å². The van der Waals surface area contributed by atoms with Gasteiger partial charge in [0, 0.05) is 18.1 Å². The first-order chi connectivity index (χ1) is 10.4. The first-order valence-electron chi connectivity index (χ1n) is 7.51. The number of nitrogens with zero attached hydrogens (tertiary/aromatic N) is 3. The third-order valence-corrected chi connectivity index (χ3v) is 3.95. The normalized spacial score (nSPS) is 15.8. The van der Waals surface area contributed by atoms with Crippen molar-refractivity contribution in [3.63, 3.8) is 0 Å². The number of fused-ring (bicyclic) bond motifs is 1. The van der Waals surface area contributed by atoms with Crippen molar-refractivity contribution in [2.45, 2.75) is 19.3 Å². The Kier molecular flexibility index (Phi) is 4.32. The molecule has 0 radical (unpaired) electrons. The summed E-state index contributed by atoms with van der Waals surface area (Å²) in [5.74, 6) is 0.667. The Hall–Kier alpha value is -2.12. The molecule has 4 nitrogen and oxygen atoms in total. The Balaban J connectivity index is 1.74. The first kappa shape index (κ1) is 13.8. The highest BCUT2D eigenvalue weighted by molar-refractivity contribution is 5.87. The topological polar surface area (TPSA) is 49.1 Å². The third-order valence-electron chi connectivity index (χ3n) is 3.95. The van der Waals surface area contributed by atoms with Gasteiger partial charge in [-0.05, 0) is 38.1 Å². The summed E-state index contributed by atoms with van der Waals surface area (Å²) >= 11 is 0. The van der Waals surface area contributed by atoms with Crippen LogP contribution in [0.5, 0.6) is 5.75 Å². The molecular formula is C17H19N3O. The van der Waals surface area contributed by atoms with Gasteiger partial charge in [0.15, 0.2) is 0 Å². The molecule has 0 amide bonds. The summed E-state index contributed by atoms with van der Waals surface area (Å²) in [5.41, 5.74) is 1.37. The number of hydrogen-bond donors (Lipinski definition) is 0. The number of ether oxygens (including phenoxy) is 1. The summed E-state index contributed by atoms with van der Waals surface area (Å²) in [6.45, 7) is 3.85. The summed E-state index contributed by atoms with van der Waals surface area (Å²) in [6.07, 6.45) is 5.49. The standard InChI is InChI=1S/C17H19N3O/c18-12-14-13-19-16-7-3-2-6-15(16)17(14)21-11-10-20-8-4-1-5-9-20/h2-3,6-7,13H,1,4-5,8-11H2. The fourth-order valence-corrected chi connectivity index (χ4v) is 2.81. The highest BCUT2D eigenvalue weighted by atomic mass is 16.5. The summed E-state index contributed by atoms with van der Waals surface area (Å²) in [6, 6.07) is 9.96. The summed E-state index contributed by atoms with van der Waals surface area (Å²) in [5, 5.41) is 10.2. The molecule has 1 aliphatic heterocycles. The lowest BCUT2D eigenvalue weighted by Crippen LogP contribution is -2.33. The molecule has 1 aromatic carbocycles. The fraction of sp³-hybridized carbons (Fsp3) is 0.412. The van der Waals surface area contributed by atoms with Gasteiger partial charge in [0.05, 0.1) is 5.52 Å². The zero-order chi connectivity index (χ0) is 14.5. The molecule has 3 rings (SSSR count). The van der Waals surface area contributed by atoms with Gasteiger partial charge in [0.1, 0.15) is 24.0 Å². The van der Waals surface area contributed by atoms with Gasteiger partial charge in [0.2, 0.25) is 0 Å². The van der Waals surface area contributed by atoms with Crippen LogP contribution >= 0.6 is 0 Å². The van der Waals surface area contributed by atoms with Gasteiger partial charge in [-0.15, -0.1) is 0 Å². The van der Waals surface area contributed by atoms with Crippen LogP contribution in [0.1, 0.15) is 24.8 Å². The molecule has 1 saturated heterocycles. The van der Waals surface area contributed by atoms with Crippen molar-refractivity contribution in [2.75, 3.05) is 26.2 Å². The van der Waals surface area contributed by atoms with E-state index in [0.29, 0.717) is 17.9 Å². The quantitative estimate of drug-likeness (QED) is 0.864. The lowest BCUT2D eigenvalue weighted by atomic mass is 10.1. The maximum Gasteiger partial charge on any atom is 0.148 e. The summed E-state index contributed by atoms with van der Waals surface area (Å²) in [4.78, 5) is 6.73. The molecule has 0 saturated carbocycles. The lowest BCUT2D eigenvalue weighted by Gasteiger charge is -2.26. The van der Waals surface area contributed by atoms with Crippen LogP contribution in [0.2, 0.25) is 0 Å². The van der Waals surface area contributed by atoms with Crippen LogP contribution in [0.15, 0.2) is 30.5 Å². The van der Waals surface area contributed by atoms with Crippen molar-refractivity contribution in [1.82, 2.24) is 9.88 Å².